The summed E-state index contributed by atoms with van der Waals surface area (Å²) < 4.78 is 10.7. The Morgan fingerprint density at radius 2 is 1.71 bits per heavy atom. The van der Waals surface area contributed by atoms with E-state index in [2.05, 4.69) is 0 Å². The van der Waals surface area contributed by atoms with Crippen molar-refractivity contribution in [3.05, 3.63) is 65.2 Å². The summed E-state index contributed by atoms with van der Waals surface area (Å²) in [7, 11) is 6.98. The molecule has 0 bridgehead atoms. The molecule has 1 atom stereocenters. The van der Waals surface area contributed by atoms with E-state index in [1.54, 1.807) is 49.6 Å². The van der Waals surface area contributed by atoms with Crippen molar-refractivity contribution in [2.24, 2.45) is 0 Å². The zero-order valence-corrected chi connectivity index (χ0v) is 18.3. The molecule has 0 saturated carbocycles. The molecule has 0 radical (unpaired) electrons. The SMILES string of the molecule is COc1ccc(C2C(=C(O)c3ccccc3)C(=O)C(=O)N2CCCN(C)C)cc1OC. The number of carbonyl (C=O) groups excluding carboxylic acids is 2. The van der Waals surface area contributed by atoms with E-state index in [0.29, 0.717) is 35.6 Å². The van der Waals surface area contributed by atoms with Crippen LogP contribution in [-0.2, 0) is 9.59 Å². The van der Waals surface area contributed by atoms with Gasteiger partial charge in [-0.3, -0.25) is 9.59 Å². The highest BCUT2D eigenvalue weighted by atomic mass is 16.5. The molecule has 1 saturated heterocycles. The Labute approximate surface area is 182 Å². The fourth-order valence-electron chi connectivity index (χ4n) is 3.79. The second-order valence-corrected chi connectivity index (χ2v) is 7.63. The molecule has 3 rings (SSSR count). The highest BCUT2D eigenvalue weighted by molar-refractivity contribution is 6.46. The van der Waals surface area contributed by atoms with E-state index in [4.69, 9.17) is 9.47 Å². The Kier molecular flexibility index (Phi) is 6.97. The number of hydrogen-bond acceptors (Lipinski definition) is 6. The zero-order chi connectivity index (χ0) is 22.5. The molecule has 7 nitrogen and oxygen atoms in total. The summed E-state index contributed by atoms with van der Waals surface area (Å²) in [5, 5.41) is 11.0. The molecule has 7 heteroatoms. The Hall–Kier alpha value is -3.32. The minimum absolute atomic E-state index is 0.0771. The molecule has 1 aliphatic rings. The largest absolute Gasteiger partial charge is 0.507 e. The van der Waals surface area contributed by atoms with E-state index in [1.807, 2.05) is 25.1 Å². The van der Waals surface area contributed by atoms with Gasteiger partial charge in [0.2, 0.25) is 0 Å². The zero-order valence-electron chi connectivity index (χ0n) is 18.3. The highest BCUT2D eigenvalue weighted by Crippen LogP contribution is 2.41. The number of aliphatic hydroxyl groups is 1. The number of ketones is 1. The molecular weight excluding hydrogens is 396 g/mol. The second kappa shape index (κ2) is 9.66. The number of nitrogens with zero attached hydrogens (tertiary/aromatic N) is 2. The van der Waals surface area contributed by atoms with Crippen LogP contribution < -0.4 is 9.47 Å². The quantitative estimate of drug-likeness (QED) is 0.399. The van der Waals surface area contributed by atoms with Gasteiger partial charge in [0.1, 0.15) is 5.76 Å². The Morgan fingerprint density at radius 3 is 2.32 bits per heavy atom. The lowest BCUT2D eigenvalue weighted by molar-refractivity contribution is -0.139. The lowest BCUT2D eigenvalue weighted by Crippen LogP contribution is -2.32. The topological polar surface area (TPSA) is 79.3 Å². The van der Waals surface area contributed by atoms with Crippen molar-refractivity contribution in [3.8, 4) is 11.5 Å². The van der Waals surface area contributed by atoms with Crippen molar-refractivity contribution in [2.45, 2.75) is 12.5 Å². The van der Waals surface area contributed by atoms with Crippen molar-refractivity contribution in [3.63, 3.8) is 0 Å². The predicted octanol–water partition coefficient (Wildman–Crippen LogP) is 3.08. The van der Waals surface area contributed by atoms with Gasteiger partial charge in [-0.15, -0.1) is 0 Å². The predicted molar refractivity (Wildman–Crippen MR) is 118 cm³/mol. The van der Waals surface area contributed by atoms with Crippen LogP contribution in [0.5, 0.6) is 11.5 Å². The van der Waals surface area contributed by atoms with Gasteiger partial charge < -0.3 is 24.4 Å². The Bertz CT molecular complexity index is 985. The minimum atomic E-state index is -0.720. The summed E-state index contributed by atoms with van der Waals surface area (Å²) in [6.45, 7) is 1.15. The smallest absolute Gasteiger partial charge is 0.295 e. The standard InChI is InChI=1S/C24H28N2O5/c1-25(2)13-8-14-26-21(17-11-12-18(30-3)19(15-17)31-4)20(23(28)24(26)29)22(27)16-9-6-5-7-10-16/h5-7,9-12,15,21,27H,8,13-14H2,1-4H3. The molecule has 1 unspecified atom stereocenters. The van der Waals surface area contributed by atoms with Gasteiger partial charge in [0.05, 0.1) is 25.8 Å². The summed E-state index contributed by atoms with van der Waals surface area (Å²) in [4.78, 5) is 29.5. The van der Waals surface area contributed by atoms with E-state index in [1.165, 1.54) is 12.0 Å². The van der Waals surface area contributed by atoms with Gasteiger partial charge in [-0.25, -0.2) is 0 Å². The first-order valence-corrected chi connectivity index (χ1v) is 10.1. The molecule has 1 amide bonds. The first-order valence-electron chi connectivity index (χ1n) is 10.1. The van der Waals surface area contributed by atoms with Crippen LogP contribution in [0.4, 0.5) is 0 Å². The summed E-state index contributed by atoms with van der Waals surface area (Å²) >= 11 is 0. The van der Waals surface area contributed by atoms with E-state index >= 15 is 0 Å². The molecular formula is C24H28N2O5. The summed E-state index contributed by atoms with van der Waals surface area (Å²) in [6, 6.07) is 13.3. The third-order valence-corrected chi connectivity index (χ3v) is 5.31. The first kappa shape index (κ1) is 22.4. The van der Waals surface area contributed by atoms with Gasteiger partial charge in [-0.05, 0) is 44.8 Å². The molecule has 1 N–H and O–H groups in total. The number of likely N-dealkylation sites (tertiary alicyclic amines) is 1. The van der Waals surface area contributed by atoms with Gasteiger partial charge in [0, 0.05) is 12.1 Å². The molecule has 1 aliphatic heterocycles. The van der Waals surface area contributed by atoms with Gasteiger partial charge in [0.15, 0.2) is 11.5 Å². The lowest BCUT2D eigenvalue weighted by atomic mass is 9.95. The van der Waals surface area contributed by atoms with Crippen molar-refractivity contribution in [2.75, 3.05) is 41.4 Å². The van der Waals surface area contributed by atoms with E-state index < -0.39 is 17.7 Å². The highest BCUT2D eigenvalue weighted by Gasteiger charge is 2.46. The number of carbonyl (C=O) groups is 2. The lowest BCUT2D eigenvalue weighted by Gasteiger charge is -2.26. The number of hydrogen-bond donors (Lipinski definition) is 1. The summed E-state index contributed by atoms with van der Waals surface area (Å²) in [6.07, 6.45) is 0.690. The molecule has 2 aromatic carbocycles. The summed E-state index contributed by atoms with van der Waals surface area (Å²) in [5.74, 6) is -0.465. The van der Waals surface area contributed by atoms with E-state index in [0.717, 1.165) is 6.54 Å². The maximum Gasteiger partial charge on any atom is 0.295 e. The van der Waals surface area contributed by atoms with Gasteiger partial charge in [-0.1, -0.05) is 36.4 Å². The van der Waals surface area contributed by atoms with Crippen LogP contribution in [0.3, 0.4) is 0 Å². The van der Waals surface area contributed by atoms with Gasteiger partial charge >= 0.3 is 0 Å². The average molecular weight is 424 g/mol. The fraction of sp³-hybridized carbons (Fsp3) is 0.333. The van der Waals surface area contributed by atoms with E-state index in [9.17, 15) is 14.7 Å². The van der Waals surface area contributed by atoms with Crippen LogP contribution in [0.2, 0.25) is 0 Å². The molecule has 1 heterocycles. The van der Waals surface area contributed by atoms with Crippen molar-refractivity contribution in [1.29, 1.82) is 0 Å². The molecule has 0 aliphatic carbocycles. The van der Waals surface area contributed by atoms with Crippen LogP contribution in [0, 0.1) is 0 Å². The first-order chi connectivity index (χ1) is 14.9. The third-order valence-electron chi connectivity index (χ3n) is 5.31. The van der Waals surface area contributed by atoms with Crippen molar-refractivity contribution in [1.82, 2.24) is 9.80 Å². The maximum absolute atomic E-state index is 13.0. The Balaban J connectivity index is 2.13. The minimum Gasteiger partial charge on any atom is -0.507 e. The van der Waals surface area contributed by atoms with Crippen LogP contribution >= 0.6 is 0 Å². The summed E-state index contributed by atoms with van der Waals surface area (Å²) in [5.41, 5.74) is 1.23. The number of Topliss-reactive ketones (excluding diaryl/α,β-unsaturated/α-hetero) is 1. The number of aliphatic hydroxyl groups excluding tert-OH is 1. The Morgan fingerprint density at radius 1 is 1.03 bits per heavy atom. The molecule has 2 aromatic rings. The van der Waals surface area contributed by atoms with Crippen LogP contribution in [0.1, 0.15) is 23.6 Å². The molecule has 1 fully saturated rings. The molecule has 31 heavy (non-hydrogen) atoms. The maximum atomic E-state index is 13.0. The number of methoxy groups -OCH3 is 2. The molecule has 0 spiro atoms. The average Bonchev–Trinajstić information content (AvgIpc) is 3.03. The van der Waals surface area contributed by atoms with Gasteiger partial charge in [0.25, 0.3) is 11.7 Å². The second-order valence-electron chi connectivity index (χ2n) is 7.63. The van der Waals surface area contributed by atoms with Gasteiger partial charge in [-0.2, -0.15) is 0 Å². The number of ether oxygens (including phenoxy) is 2. The van der Waals surface area contributed by atoms with E-state index in [-0.39, 0.29) is 11.3 Å². The third kappa shape index (κ3) is 4.56. The number of rotatable bonds is 8. The monoisotopic (exact) mass is 424 g/mol. The normalized spacial score (nSPS) is 18.0. The van der Waals surface area contributed by atoms with Crippen molar-refractivity contribution >= 4 is 17.4 Å². The number of amides is 1. The van der Waals surface area contributed by atoms with Crippen LogP contribution in [-0.4, -0.2) is 68.0 Å². The molecule has 164 valence electrons. The molecule has 0 aromatic heterocycles. The number of benzene rings is 2. The van der Waals surface area contributed by atoms with Crippen LogP contribution in [0.25, 0.3) is 5.76 Å². The fourth-order valence-corrected chi connectivity index (χ4v) is 3.79. The van der Waals surface area contributed by atoms with Crippen molar-refractivity contribution < 1.29 is 24.2 Å². The van der Waals surface area contributed by atoms with Crippen LogP contribution in [0.15, 0.2) is 54.1 Å².